The fraction of sp³-hybridized carbons (Fsp3) is 0.625. The molecule has 0 aromatic carbocycles. The summed E-state index contributed by atoms with van der Waals surface area (Å²) in [6.45, 7) is 10.3. The van der Waals surface area contributed by atoms with E-state index in [1.165, 1.54) is 12.3 Å². The van der Waals surface area contributed by atoms with Gasteiger partial charge >= 0.3 is 17.9 Å². The molecule has 9 atom stereocenters. The number of cyclic esters (lactones) is 1. The van der Waals surface area contributed by atoms with Crippen molar-refractivity contribution >= 4 is 23.7 Å². The molecule has 1 saturated heterocycles. The SMILES string of the molecule is C/C=C(\C)C(=O)O[C@H]1C(C)(C)[C@H](C(O)C(=O)OC)[C@@]2(C)C(=O)[C@@]1(O)C=C1[C@@H]3CC(=O)O[C@@H](c4ccoc4)[C@]3(C)CC[C@@H]12. The molecule has 3 aliphatic carbocycles. The predicted molar refractivity (Wildman–Crippen MR) is 147 cm³/mol. The number of fused-ring (bicyclic) bond motifs is 6. The summed E-state index contributed by atoms with van der Waals surface area (Å²) >= 11 is 0. The van der Waals surface area contributed by atoms with Crippen molar-refractivity contribution in [3.63, 3.8) is 0 Å². The van der Waals surface area contributed by atoms with Gasteiger partial charge in [-0.05, 0) is 50.7 Å². The van der Waals surface area contributed by atoms with Crippen molar-refractivity contribution < 1.29 is 48.0 Å². The van der Waals surface area contributed by atoms with Crippen molar-refractivity contribution in [3.05, 3.63) is 47.5 Å². The molecule has 42 heavy (non-hydrogen) atoms. The number of aliphatic hydroxyl groups is 2. The Morgan fingerprint density at radius 2 is 1.86 bits per heavy atom. The molecular weight excluding hydrogens is 544 g/mol. The molecule has 3 fully saturated rings. The third-order valence-electron chi connectivity index (χ3n) is 10.9. The number of hydrogen-bond donors (Lipinski definition) is 2. The van der Waals surface area contributed by atoms with Crippen molar-refractivity contribution in [1.82, 2.24) is 0 Å². The van der Waals surface area contributed by atoms with Gasteiger partial charge in [0.1, 0.15) is 12.2 Å². The highest BCUT2D eigenvalue weighted by atomic mass is 16.6. The van der Waals surface area contributed by atoms with Crippen molar-refractivity contribution in [2.24, 2.45) is 34.0 Å². The van der Waals surface area contributed by atoms with Gasteiger partial charge in [-0.3, -0.25) is 9.59 Å². The third-order valence-corrected chi connectivity index (χ3v) is 10.9. The Kier molecular flexibility index (Phi) is 7.13. The molecule has 0 spiro atoms. The molecule has 5 rings (SSSR count). The first-order valence-electron chi connectivity index (χ1n) is 14.4. The Balaban J connectivity index is 1.73. The number of Topliss-reactive ketones (excluding diaryl/α,β-unsaturated/α-hetero) is 1. The first-order valence-corrected chi connectivity index (χ1v) is 14.4. The van der Waals surface area contributed by atoms with E-state index in [4.69, 9.17) is 18.6 Å². The van der Waals surface area contributed by atoms with Gasteiger partial charge in [-0.1, -0.05) is 39.3 Å². The third kappa shape index (κ3) is 3.97. The van der Waals surface area contributed by atoms with Crippen LogP contribution in [-0.2, 0) is 33.4 Å². The number of rotatable bonds is 5. The zero-order chi connectivity index (χ0) is 31.0. The summed E-state index contributed by atoms with van der Waals surface area (Å²) in [6.07, 6.45) is 3.32. The second-order valence-corrected chi connectivity index (χ2v) is 13.4. The summed E-state index contributed by atoms with van der Waals surface area (Å²) < 4.78 is 22.0. The number of furan rings is 1. The standard InChI is InChI=1S/C32H40O10/c1-8-16(2)25(35)42-28-29(3,4)23(22(34)26(36)39-7)31(6)19-9-11-30(5)20(18(19)14-32(28,38)27(31)37)13-21(33)41-24(30)17-10-12-40-15-17/h8,10,12,14-15,19-20,22-24,28,34,38H,9,11,13H2,1-7H3/b16-8+/t19-,20-,22?,23-,24-,28-,30+,31-,32-/m0/s1. The van der Waals surface area contributed by atoms with Crippen molar-refractivity contribution in [1.29, 1.82) is 0 Å². The lowest BCUT2D eigenvalue weighted by molar-refractivity contribution is -0.235. The number of esters is 3. The molecule has 0 radical (unpaired) electrons. The van der Waals surface area contributed by atoms with Crippen LogP contribution in [0.25, 0.3) is 0 Å². The normalized spacial score (nSPS) is 39.7. The monoisotopic (exact) mass is 584 g/mol. The van der Waals surface area contributed by atoms with Crippen LogP contribution in [0.1, 0.15) is 72.5 Å². The molecule has 1 aliphatic heterocycles. The quantitative estimate of drug-likeness (QED) is 0.227. The van der Waals surface area contributed by atoms with E-state index < -0.39 is 81.6 Å². The number of allylic oxidation sites excluding steroid dienone is 2. The highest BCUT2D eigenvalue weighted by Crippen LogP contribution is 2.69. The molecule has 2 N–H and O–H groups in total. The maximum absolute atomic E-state index is 14.5. The topological polar surface area (TPSA) is 150 Å². The first-order chi connectivity index (χ1) is 19.6. The summed E-state index contributed by atoms with van der Waals surface area (Å²) in [6, 6.07) is 1.75. The lowest BCUT2D eigenvalue weighted by Gasteiger charge is -2.66. The maximum atomic E-state index is 14.5. The van der Waals surface area contributed by atoms with Crippen LogP contribution in [0, 0.1) is 34.0 Å². The fourth-order valence-electron chi connectivity index (χ4n) is 8.80. The summed E-state index contributed by atoms with van der Waals surface area (Å²) in [5.41, 5.74) is -4.00. The van der Waals surface area contributed by atoms with Crippen LogP contribution in [0.2, 0.25) is 0 Å². The lowest BCUT2D eigenvalue weighted by Crippen LogP contribution is -2.76. The number of ether oxygens (including phenoxy) is 3. The van der Waals surface area contributed by atoms with Gasteiger partial charge < -0.3 is 28.8 Å². The van der Waals surface area contributed by atoms with Gasteiger partial charge in [0.25, 0.3) is 0 Å². The zero-order valence-electron chi connectivity index (χ0n) is 25.1. The fourth-order valence-corrected chi connectivity index (χ4v) is 8.80. The van der Waals surface area contributed by atoms with E-state index >= 15 is 0 Å². The Labute approximate surface area is 245 Å². The van der Waals surface area contributed by atoms with Crippen molar-refractivity contribution in [2.45, 2.75) is 84.7 Å². The van der Waals surface area contributed by atoms with E-state index in [1.54, 1.807) is 53.0 Å². The Bertz CT molecular complexity index is 1370. The van der Waals surface area contributed by atoms with Crippen LogP contribution < -0.4 is 0 Å². The molecule has 0 amide bonds. The van der Waals surface area contributed by atoms with E-state index in [-0.39, 0.29) is 12.0 Å². The minimum Gasteiger partial charge on any atom is -0.472 e. The van der Waals surface area contributed by atoms with E-state index in [0.29, 0.717) is 24.0 Å². The Morgan fingerprint density at radius 1 is 1.17 bits per heavy atom. The van der Waals surface area contributed by atoms with Gasteiger partial charge in [-0.2, -0.15) is 0 Å². The lowest BCUT2D eigenvalue weighted by atomic mass is 9.39. The Hall–Kier alpha value is -3.24. The second kappa shape index (κ2) is 9.91. The number of methoxy groups -OCH3 is 1. The van der Waals surface area contributed by atoms with Crippen LogP contribution in [0.4, 0.5) is 0 Å². The number of carbonyl (C=O) groups excluding carboxylic acids is 4. The summed E-state index contributed by atoms with van der Waals surface area (Å²) in [7, 11) is 1.15. The molecular formula is C32H40O10. The second-order valence-electron chi connectivity index (χ2n) is 13.4. The van der Waals surface area contributed by atoms with Gasteiger partial charge in [-0.15, -0.1) is 0 Å². The average Bonchev–Trinajstić information content (AvgIpc) is 3.47. The highest BCUT2D eigenvalue weighted by Gasteiger charge is 2.75. The number of aliphatic hydroxyl groups excluding tert-OH is 1. The number of carbonyl (C=O) groups is 4. The summed E-state index contributed by atoms with van der Waals surface area (Å²) in [5, 5.41) is 23.9. The van der Waals surface area contributed by atoms with Gasteiger partial charge in [0.15, 0.2) is 17.5 Å². The van der Waals surface area contributed by atoms with Crippen LogP contribution >= 0.6 is 0 Å². The average molecular weight is 585 g/mol. The summed E-state index contributed by atoms with van der Waals surface area (Å²) in [4.78, 5) is 53.6. The Morgan fingerprint density at radius 3 is 2.45 bits per heavy atom. The molecule has 228 valence electrons. The molecule has 2 heterocycles. The van der Waals surface area contributed by atoms with Gasteiger partial charge in [0.2, 0.25) is 0 Å². The number of hydrogen-bond acceptors (Lipinski definition) is 10. The smallest absolute Gasteiger partial charge is 0.335 e. The largest absolute Gasteiger partial charge is 0.472 e. The van der Waals surface area contributed by atoms with Crippen LogP contribution in [0.5, 0.6) is 0 Å². The molecule has 10 heteroatoms. The molecule has 10 nitrogen and oxygen atoms in total. The molecule has 2 bridgehead atoms. The molecule has 1 aromatic rings. The van der Waals surface area contributed by atoms with E-state index in [9.17, 15) is 29.4 Å². The van der Waals surface area contributed by atoms with Crippen LogP contribution in [-0.4, -0.2) is 58.8 Å². The zero-order valence-corrected chi connectivity index (χ0v) is 25.1. The molecule has 2 saturated carbocycles. The van der Waals surface area contributed by atoms with E-state index in [1.807, 2.05) is 6.92 Å². The van der Waals surface area contributed by atoms with Crippen LogP contribution in [0.3, 0.4) is 0 Å². The molecule has 4 aliphatic rings. The number of ketones is 1. The summed E-state index contributed by atoms with van der Waals surface area (Å²) in [5.74, 6) is -4.80. The predicted octanol–water partition coefficient (Wildman–Crippen LogP) is 3.61. The van der Waals surface area contributed by atoms with Gasteiger partial charge in [0.05, 0.1) is 26.1 Å². The first kappa shape index (κ1) is 30.2. The van der Waals surface area contributed by atoms with Gasteiger partial charge in [0, 0.05) is 33.3 Å². The minimum atomic E-state index is -2.29. The molecule has 1 aromatic heterocycles. The van der Waals surface area contributed by atoms with Crippen LogP contribution in [0.15, 0.2) is 46.3 Å². The van der Waals surface area contributed by atoms with E-state index in [2.05, 4.69) is 0 Å². The van der Waals surface area contributed by atoms with Gasteiger partial charge in [-0.25, -0.2) is 9.59 Å². The highest BCUT2D eigenvalue weighted by molar-refractivity contribution is 6.00. The maximum Gasteiger partial charge on any atom is 0.335 e. The van der Waals surface area contributed by atoms with Crippen molar-refractivity contribution in [2.75, 3.05) is 7.11 Å². The van der Waals surface area contributed by atoms with Crippen molar-refractivity contribution in [3.8, 4) is 0 Å². The minimum absolute atomic E-state index is 0.0171. The molecule has 1 unspecified atom stereocenters. The van der Waals surface area contributed by atoms with E-state index in [0.717, 1.165) is 7.11 Å².